The number of aromatic nitrogens is 2. The summed E-state index contributed by atoms with van der Waals surface area (Å²) in [6.45, 7) is -3.02. The number of nitrogens with one attached hydrogen (secondary N) is 1. The second kappa shape index (κ2) is 7.91. The van der Waals surface area contributed by atoms with Crippen molar-refractivity contribution < 1.29 is 22.7 Å². The molecule has 0 aliphatic heterocycles. The number of hydrogen-bond acceptors (Lipinski definition) is 6. The Hall–Kier alpha value is -3.01. The maximum Gasteiger partial charge on any atom is 0.437 e. The zero-order chi connectivity index (χ0) is 18.5. The Labute approximate surface area is 149 Å². The zero-order valence-electron chi connectivity index (χ0n) is 13.2. The summed E-state index contributed by atoms with van der Waals surface area (Å²) in [6.07, 6.45) is 0. The molecule has 2 heterocycles. The van der Waals surface area contributed by atoms with E-state index < -0.39 is 18.3 Å². The third kappa shape index (κ3) is 4.54. The molecule has 2 aromatic heterocycles. The molecular formula is C16H13F2N3O4S. The Morgan fingerprint density at radius 3 is 2.73 bits per heavy atom. The second-order valence-corrected chi connectivity index (χ2v) is 6.05. The van der Waals surface area contributed by atoms with Gasteiger partial charge in [0, 0.05) is 6.54 Å². The molecule has 0 saturated carbocycles. The van der Waals surface area contributed by atoms with Crippen LogP contribution in [0.2, 0.25) is 0 Å². The summed E-state index contributed by atoms with van der Waals surface area (Å²) in [4.78, 5) is 24.4. The van der Waals surface area contributed by atoms with E-state index in [4.69, 9.17) is 4.42 Å². The van der Waals surface area contributed by atoms with Crippen LogP contribution in [-0.4, -0.2) is 22.3 Å². The van der Waals surface area contributed by atoms with E-state index in [1.165, 1.54) is 23.5 Å². The molecule has 3 aromatic rings. The number of nitrogens with zero attached hydrogens (tertiary/aromatic N) is 2. The van der Waals surface area contributed by atoms with Gasteiger partial charge in [-0.05, 0) is 29.1 Å². The number of benzene rings is 1. The zero-order valence-corrected chi connectivity index (χ0v) is 14.0. The maximum absolute atomic E-state index is 12.1. The van der Waals surface area contributed by atoms with Crippen LogP contribution in [0, 0.1) is 0 Å². The van der Waals surface area contributed by atoms with Crippen LogP contribution in [-0.2, 0) is 17.9 Å². The second-order valence-electron chi connectivity index (χ2n) is 5.11. The SMILES string of the molecule is O=C(Cn1nc(-c2cccs2)oc1=O)NCc1ccc(OC(F)F)cc1. The Kier molecular flexibility index (Phi) is 5.42. The molecule has 26 heavy (non-hydrogen) atoms. The standard InChI is InChI=1S/C16H13F2N3O4S/c17-15(18)24-11-5-3-10(4-6-11)8-19-13(22)9-21-16(23)25-14(20-21)12-2-1-7-26-12/h1-7,15H,8-9H2,(H,19,22). The maximum atomic E-state index is 12.1. The number of rotatable bonds is 7. The fourth-order valence-corrected chi connectivity index (χ4v) is 2.73. The fourth-order valence-electron chi connectivity index (χ4n) is 2.09. The molecule has 0 aliphatic rings. The van der Waals surface area contributed by atoms with Gasteiger partial charge in [-0.1, -0.05) is 18.2 Å². The van der Waals surface area contributed by atoms with E-state index in [1.807, 2.05) is 5.38 Å². The van der Waals surface area contributed by atoms with Crippen molar-refractivity contribution in [1.29, 1.82) is 0 Å². The predicted molar refractivity (Wildman–Crippen MR) is 89.0 cm³/mol. The quantitative estimate of drug-likeness (QED) is 0.680. The van der Waals surface area contributed by atoms with E-state index in [9.17, 15) is 18.4 Å². The lowest BCUT2D eigenvalue weighted by Gasteiger charge is -2.07. The van der Waals surface area contributed by atoms with Crippen LogP contribution in [0.4, 0.5) is 8.78 Å². The molecule has 1 amide bonds. The van der Waals surface area contributed by atoms with Gasteiger partial charge in [0.15, 0.2) is 0 Å². The minimum atomic E-state index is -2.89. The molecule has 0 bridgehead atoms. The largest absolute Gasteiger partial charge is 0.437 e. The average molecular weight is 381 g/mol. The van der Waals surface area contributed by atoms with Gasteiger partial charge in [0.1, 0.15) is 12.3 Å². The number of alkyl halides is 2. The number of amides is 1. The third-order valence-electron chi connectivity index (χ3n) is 3.27. The van der Waals surface area contributed by atoms with Gasteiger partial charge in [-0.2, -0.15) is 13.5 Å². The highest BCUT2D eigenvalue weighted by atomic mass is 32.1. The lowest BCUT2D eigenvalue weighted by atomic mass is 10.2. The van der Waals surface area contributed by atoms with Crippen molar-refractivity contribution >= 4 is 17.2 Å². The molecule has 1 N–H and O–H groups in total. The molecule has 7 nitrogen and oxygen atoms in total. The monoisotopic (exact) mass is 381 g/mol. The van der Waals surface area contributed by atoms with Crippen LogP contribution in [0.25, 0.3) is 10.8 Å². The normalized spacial score (nSPS) is 10.9. The Morgan fingerprint density at radius 2 is 2.08 bits per heavy atom. The predicted octanol–water partition coefficient (Wildman–Crippen LogP) is 2.48. The minimum absolute atomic E-state index is 0.0327. The first-order valence-electron chi connectivity index (χ1n) is 7.43. The van der Waals surface area contributed by atoms with Crippen molar-refractivity contribution in [2.45, 2.75) is 19.7 Å². The summed E-state index contributed by atoms with van der Waals surface area (Å²) >= 11 is 1.36. The van der Waals surface area contributed by atoms with E-state index in [0.29, 0.717) is 10.4 Å². The van der Waals surface area contributed by atoms with Gasteiger partial charge >= 0.3 is 12.4 Å². The highest BCUT2D eigenvalue weighted by Crippen LogP contribution is 2.21. The number of carbonyl (C=O) groups is 1. The van der Waals surface area contributed by atoms with Gasteiger partial charge in [-0.25, -0.2) is 4.79 Å². The van der Waals surface area contributed by atoms with E-state index in [1.54, 1.807) is 24.3 Å². The van der Waals surface area contributed by atoms with Crippen LogP contribution in [0.5, 0.6) is 5.75 Å². The summed E-state index contributed by atoms with van der Waals surface area (Å²) in [7, 11) is 0. The number of ether oxygens (including phenoxy) is 1. The van der Waals surface area contributed by atoms with Gasteiger partial charge in [-0.3, -0.25) is 4.79 Å². The van der Waals surface area contributed by atoms with Gasteiger partial charge < -0.3 is 14.5 Å². The number of carbonyl (C=O) groups excluding carboxylic acids is 1. The first-order valence-corrected chi connectivity index (χ1v) is 8.31. The highest BCUT2D eigenvalue weighted by molar-refractivity contribution is 7.13. The lowest BCUT2D eigenvalue weighted by molar-refractivity contribution is -0.122. The molecule has 10 heteroatoms. The molecule has 136 valence electrons. The van der Waals surface area contributed by atoms with Crippen LogP contribution < -0.4 is 15.8 Å². The van der Waals surface area contributed by atoms with Crippen molar-refractivity contribution in [2.75, 3.05) is 0 Å². The van der Waals surface area contributed by atoms with Crippen LogP contribution >= 0.6 is 11.3 Å². The van der Waals surface area contributed by atoms with E-state index >= 15 is 0 Å². The molecule has 0 fully saturated rings. The molecule has 0 unspecified atom stereocenters. The van der Waals surface area contributed by atoms with Crippen molar-refractivity contribution in [3.05, 3.63) is 57.9 Å². The van der Waals surface area contributed by atoms with Gasteiger partial charge in [-0.15, -0.1) is 16.4 Å². The first kappa shape index (κ1) is 17.8. The van der Waals surface area contributed by atoms with Crippen LogP contribution in [0.15, 0.2) is 51.0 Å². The summed E-state index contributed by atoms with van der Waals surface area (Å²) in [6, 6.07) is 9.40. The van der Waals surface area contributed by atoms with Gasteiger partial charge in [0.25, 0.3) is 5.89 Å². The molecule has 0 aliphatic carbocycles. The highest BCUT2D eigenvalue weighted by Gasteiger charge is 2.13. The van der Waals surface area contributed by atoms with Crippen molar-refractivity contribution in [2.24, 2.45) is 0 Å². The molecule has 0 radical (unpaired) electrons. The van der Waals surface area contributed by atoms with Crippen LogP contribution in [0.3, 0.4) is 0 Å². The summed E-state index contributed by atoms with van der Waals surface area (Å²) in [5.41, 5.74) is 0.687. The molecule has 3 rings (SSSR count). The minimum Gasteiger partial charge on any atom is -0.435 e. The molecular weight excluding hydrogens is 368 g/mol. The van der Waals surface area contributed by atoms with E-state index in [2.05, 4.69) is 15.2 Å². The molecule has 0 saturated heterocycles. The molecule has 0 atom stereocenters. The Balaban J connectivity index is 1.55. The van der Waals surface area contributed by atoms with E-state index in [0.717, 1.165) is 4.68 Å². The number of hydrogen-bond donors (Lipinski definition) is 1. The first-order chi connectivity index (χ1) is 12.5. The summed E-state index contributed by atoms with van der Waals surface area (Å²) < 4.78 is 34.4. The van der Waals surface area contributed by atoms with Gasteiger partial charge in [0.05, 0.1) is 4.88 Å². The van der Waals surface area contributed by atoms with Crippen LogP contribution in [0.1, 0.15) is 5.56 Å². The topological polar surface area (TPSA) is 86.4 Å². The molecule has 1 aromatic carbocycles. The van der Waals surface area contributed by atoms with Crippen molar-refractivity contribution in [3.8, 4) is 16.5 Å². The smallest absolute Gasteiger partial charge is 0.435 e. The van der Waals surface area contributed by atoms with Crippen molar-refractivity contribution in [1.82, 2.24) is 15.1 Å². The number of halogens is 2. The Morgan fingerprint density at radius 1 is 1.31 bits per heavy atom. The molecule has 0 spiro atoms. The Bertz CT molecular complexity index is 920. The fraction of sp³-hybridized carbons (Fsp3) is 0.188. The summed E-state index contributed by atoms with van der Waals surface area (Å²) in [5.74, 6) is -0.971. The average Bonchev–Trinajstić information content (AvgIpc) is 3.24. The lowest BCUT2D eigenvalue weighted by Crippen LogP contribution is -2.31. The summed E-state index contributed by atoms with van der Waals surface area (Å²) in [5, 5.41) is 8.42. The van der Waals surface area contributed by atoms with E-state index in [-0.39, 0.29) is 24.7 Å². The third-order valence-corrected chi connectivity index (χ3v) is 4.13. The van der Waals surface area contributed by atoms with Crippen molar-refractivity contribution in [3.63, 3.8) is 0 Å². The number of thiophene rings is 1. The van der Waals surface area contributed by atoms with Gasteiger partial charge in [0.2, 0.25) is 5.91 Å².